The van der Waals surface area contributed by atoms with Gasteiger partial charge in [0.25, 0.3) is 0 Å². The highest BCUT2D eigenvalue weighted by Gasteiger charge is 2.24. The third-order valence-corrected chi connectivity index (χ3v) is 8.42. The van der Waals surface area contributed by atoms with Gasteiger partial charge in [0.1, 0.15) is 11.5 Å². The molecule has 2 fully saturated rings. The molecule has 1 aromatic carbocycles. The maximum Gasteiger partial charge on any atom is 0.305 e. The quantitative estimate of drug-likeness (QED) is 0.336. The van der Waals surface area contributed by atoms with Gasteiger partial charge >= 0.3 is 5.97 Å². The number of rotatable bonds is 10. The van der Waals surface area contributed by atoms with Crippen LogP contribution < -0.4 is 14.4 Å². The summed E-state index contributed by atoms with van der Waals surface area (Å²) in [6.07, 6.45) is 5.67. The molecule has 0 atom stereocenters. The van der Waals surface area contributed by atoms with E-state index in [0.717, 1.165) is 44.2 Å². The number of anilines is 2. The number of carbonyl (C=O) groups excluding carboxylic acids is 1. The van der Waals surface area contributed by atoms with Crippen molar-refractivity contribution in [3.05, 3.63) is 35.8 Å². The molecule has 0 radical (unpaired) electrons. The van der Waals surface area contributed by atoms with Gasteiger partial charge in [-0.25, -0.2) is 27.8 Å². The molecule has 0 amide bonds. The van der Waals surface area contributed by atoms with Crippen molar-refractivity contribution in [3.8, 4) is 17.1 Å². The van der Waals surface area contributed by atoms with Gasteiger partial charge < -0.3 is 19.1 Å². The van der Waals surface area contributed by atoms with Crippen molar-refractivity contribution in [1.29, 1.82) is 0 Å². The minimum absolute atomic E-state index is 0.0998. The Bertz CT molecular complexity index is 1580. The number of carbonyl (C=O) groups is 1. The van der Waals surface area contributed by atoms with E-state index in [9.17, 15) is 13.2 Å². The van der Waals surface area contributed by atoms with E-state index < -0.39 is 15.8 Å². The van der Waals surface area contributed by atoms with Crippen molar-refractivity contribution in [3.63, 3.8) is 0 Å². The monoisotopic (exact) mass is 616 g/mol. The summed E-state index contributed by atoms with van der Waals surface area (Å²) >= 11 is 0. The lowest BCUT2D eigenvalue weighted by atomic mass is 9.92. The van der Waals surface area contributed by atoms with Crippen LogP contribution in [-0.2, 0) is 30.8 Å². The van der Waals surface area contributed by atoms with Gasteiger partial charge in [0.15, 0.2) is 0 Å². The Kier molecular flexibility index (Phi) is 9.57. The molecule has 2 saturated heterocycles. The number of benzene rings is 1. The van der Waals surface area contributed by atoms with Crippen LogP contribution in [0.5, 0.6) is 5.88 Å². The van der Waals surface area contributed by atoms with Gasteiger partial charge in [0.2, 0.25) is 21.9 Å². The number of piperidine rings is 1. The number of sulfonamides is 1. The van der Waals surface area contributed by atoms with Gasteiger partial charge in [-0.3, -0.25) is 14.4 Å². The maximum absolute atomic E-state index is 15.2. The van der Waals surface area contributed by atoms with Crippen molar-refractivity contribution in [2.24, 2.45) is 5.92 Å². The second-order valence-corrected chi connectivity index (χ2v) is 12.7. The van der Waals surface area contributed by atoms with Crippen LogP contribution in [-0.4, -0.2) is 94.1 Å². The smallest absolute Gasteiger partial charge is 0.305 e. The van der Waals surface area contributed by atoms with Crippen LogP contribution in [0.15, 0.2) is 24.4 Å². The van der Waals surface area contributed by atoms with Crippen LogP contribution in [0.2, 0.25) is 0 Å². The second-order valence-electron chi connectivity index (χ2n) is 10.9. The molecule has 0 bridgehead atoms. The van der Waals surface area contributed by atoms with Gasteiger partial charge in [-0.05, 0) is 62.0 Å². The molecule has 12 nitrogen and oxygen atoms in total. The summed E-state index contributed by atoms with van der Waals surface area (Å²) in [6, 6.07) is 4.51. The van der Waals surface area contributed by atoms with E-state index in [1.165, 1.54) is 32.5 Å². The van der Waals surface area contributed by atoms with Crippen molar-refractivity contribution in [2.75, 3.05) is 69.5 Å². The standard InChI is InChI=1S/C29H37FN6O6S/c1-40-25(37)5-4-19-6-8-35(9-7-19)18-21-14-22(30)16-23-26(32-29(33-27(21)23)36-10-12-42-13-11-36)20-15-24(34-43(3,38)39)28(41-2)31-17-20/h14-17,19,34H,4-13,18H2,1-3H3. The number of nitrogens with zero attached hydrogens (tertiary/aromatic N) is 5. The van der Waals surface area contributed by atoms with Gasteiger partial charge in [0.05, 0.1) is 44.9 Å². The minimum atomic E-state index is -3.63. The van der Waals surface area contributed by atoms with Crippen LogP contribution in [0.25, 0.3) is 22.2 Å². The van der Waals surface area contributed by atoms with Crippen molar-refractivity contribution < 1.29 is 31.8 Å². The molecular weight excluding hydrogens is 579 g/mol. The number of aromatic nitrogens is 3. The fourth-order valence-corrected chi connectivity index (χ4v) is 6.16. The van der Waals surface area contributed by atoms with E-state index in [2.05, 4.69) is 14.6 Å². The number of methoxy groups -OCH3 is 2. The summed E-state index contributed by atoms with van der Waals surface area (Å²) in [4.78, 5) is 30.0. The zero-order valence-electron chi connectivity index (χ0n) is 24.6. The highest BCUT2D eigenvalue weighted by Crippen LogP contribution is 2.35. The molecule has 2 aromatic heterocycles. The normalized spacial score (nSPS) is 16.8. The van der Waals surface area contributed by atoms with E-state index in [0.29, 0.717) is 73.3 Å². The molecule has 0 saturated carbocycles. The Hall–Kier alpha value is -3.62. The van der Waals surface area contributed by atoms with E-state index in [1.54, 1.807) is 6.07 Å². The third kappa shape index (κ3) is 7.67. The summed E-state index contributed by atoms with van der Waals surface area (Å²) in [5.41, 5.74) is 2.41. The number of fused-ring (bicyclic) bond motifs is 1. The van der Waals surface area contributed by atoms with Crippen molar-refractivity contribution in [1.82, 2.24) is 19.9 Å². The van der Waals surface area contributed by atoms with E-state index >= 15 is 4.39 Å². The molecule has 3 aromatic rings. The summed E-state index contributed by atoms with van der Waals surface area (Å²) < 4.78 is 57.4. The van der Waals surface area contributed by atoms with E-state index in [-0.39, 0.29) is 17.5 Å². The Labute approximate surface area is 250 Å². The summed E-state index contributed by atoms with van der Waals surface area (Å²) in [7, 11) is -0.828. The number of morpholine rings is 1. The van der Waals surface area contributed by atoms with Crippen LogP contribution in [0, 0.1) is 11.7 Å². The number of hydrogen-bond donors (Lipinski definition) is 1. The average Bonchev–Trinajstić information content (AvgIpc) is 2.99. The minimum Gasteiger partial charge on any atom is -0.480 e. The van der Waals surface area contributed by atoms with Gasteiger partial charge in [0, 0.05) is 43.2 Å². The molecule has 43 heavy (non-hydrogen) atoms. The van der Waals surface area contributed by atoms with Crippen LogP contribution in [0.1, 0.15) is 31.2 Å². The maximum atomic E-state index is 15.2. The number of ether oxygens (including phenoxy) is 3. The first-order valence-electron chi connectivity index (χ1n) is 14.3. The zero-order chi connectivity index (χ0) is 30.6. The van der Waals surface area contributed by atoms with Gasteiger partial charge in [-0.15, -0.1) is 0 Å². The average molecular weight is 617 g/mol. The SMILES string of the molecule is COC(=O)CCC1CCN(Cc2cc(F)cc3c(-c4cnc(OC)c(NS(C)(=O)=O)c4)nc(N4CCOCC4)nc23)CC1. The number of pyridine rings is 1. The van der Waals surface area contributed by atoms with Crippen LogP contribution >= 0.6 is 0 Å². The fourth-order valence-electron chi connectivity index (χ4n) is 5.61. The lowest BCUT2D eigenvalue weighted by molar-refractivity contribution is -0.141. The lowest BCUT2D eigenvalue weighted by Crippen LogP contribution is -2.37. The summed E-state index contributed by atoms with van der Waals surface area (Å²) in [5.74, 6) is 0.414. The van der Waals surface area contributed by atoms with E-state index in [4.69, 9.17) is 24.2 Å². The molecule has 0 unspecified atom stereocenters. The molecular formula is C29H37FN6O6S. The summed E-state index contributed by atoms with van der Waals surface area (Å²) in [6.45, 7) is 4.40. The molecule has 232 valence electrons. The highest BCUT2D eigenvalue weighted by molar-refractivity contribution is 7.92. The molecule has 2 aliphatic heterocycles. The van der Waals surface area contributed by atoms with E-state index in [1.807, 2.05) is 4.90 Å². The third-order valence-electron chi connectivity index (χ3n) is 7.83. The Morgan fingerprint density at radius 1 is 1.12 bits per heavy atom. The van der Waals surface area contributed by atoms with Crippen LogP contribution in [0.4, 0.5) is 16.0 Å². The number of halogens is 1. The predicted octanol–water partition coefficient (Wildman–Crippen LogP) is 3.21. The molecule has 5 rings (SSSR count). The molecule has 4 heterocycles. The molecule has 2 aliphatic rings. The first-order chi connectivity index (χ1) is 20.6. The Balaban J connectivity index is 1.52. The topological polar surface area (TPSA) is 136 Å². The highest BCUT2D eigenvalue weighted by atomic mass is 32.2. The number of esters is 1. The largest absolute Gasteiger partial charge is 0.480 e. The van der Waals surface area contributed by atoms with Gasteiger partial charge in [-0.1, -0.05) is 0 Å². The first-order valence-corrected chi connectivity index (χ1v) is 16.2. The Morgan fingerprint density at radius 3 is 2.53 bits per heavy atom. The molecule has 1 N–H and O–H groups in total. The van der Waals surface area contributed by atoms with Gasteiger partial charge in [-0.2, -0.15) is 0 Å². The molecule has 0 spiro atoms. The number of hydrogen-bond acceptors (Lipinski definition) is 11. The number of likely N-dealkylation sites (tertiary alicyclic amines) is 1. The molecule has 0 aliphatic carbocycles. The van der Waals surface area contributed by atoms with Crippen LogP contribution in [0.3, 0.4) is 0 Å². The molecule has 14 heteroatoms. The lowest BCUT2D eigenvalue weighted by Gasteiger charge is -2.32. The zero-order valence-corrected chi connectivity index (χ0v) is 25.5. The van der Waals surface area contributed by atoms with Crippen molar-refractivity contribution in [2.45, 2.75) is 32.2 Å². The first kappa shape index (κ1) is 30.8. The van der Waals surface area contributed by atoms with Crippen molar-refractivity contribution >= 4 is 38.5 Å². The second kappa shape index (κ2) is 13.3. The Morgan fingerprint density at radius 2 is 1.86 bits per heavy atom. The number of nitrogens with one attached hydrogen (secondary N) is 1. The fraction of sp³-hybridized carbons (Fsp3) is 0.517. The summed E-state index contributed by atoms with van der Waals surface area (Å²) in [5, 5.41) is 0.497. The predicted molar refractivity (Wildman–Crippen MR) is 160 cm³/mol.